The van der Waals surface area contributed by atoms with Gasteiger partial charge < -0.3 is 10.5 Å². The molecule has 0 amide bonds. The van der Waals surface area contributed by atoms with Gasteiger partial charge in [0.15, 0.2) is 9.84 Å². The Balaban J connectivity index is 2.18. The lowest BCUT2D eigenvalue weighted by Crippen LogP contribution is -2.17. The summed E-state index contributed by atoms with van der Waals surface area (Å²) >= 11 is 0. The SMILES string of the molecule is COc1c(C(N)CC2CCS(=O)(=O)C2)ccc(C)c1C. The van der Waals surface area contributed by atoms with Crippen LogP contribution < -0.4 is 10.5 Å². The Bertz CT molecular complexity index is 595. The minimum absolute atomic E-state index is 0.168. The molecule has 112 valence electrons. The summed E-state index contributed by atoms with van der Waals surface area (Å²) in [5.74, 6) is 1.57. The van der Waals surface area contributed by atoms with E-state index in [1.54, 1.807) is 7.11 Å². The molecule has 4 nitrogen and oxygen atoms in total. The van der Waals surface area contributed by atoms with Crippen molar-refractivity contribution in [1.82, 2.24) is 0 Å². The molecule has 1 heterocycles. The number of nitrogens with two attached hydrogens (primary N) is 1. The Hall–Kier alpha value is -1.07. The molecule has 0 aromatic heterocycles. The van der Waals surface area contributed by atoms with E-state index in [2.05, 4.69) is 0 Å². The highest BCUT2D eigenvalue weighted by atomic mass is 32.2. The van der Waals surface area contributed by atoms with Gasteiger partial charge in [-0.15, -0.1) is 0 Å². The molecule has 2 atom stereocenters. The summed E-state index contributed by atoms with van der Waals surface area (Å²) in [5.41, 5.74) is 9.52. The van der Waals surface area contributed by atoms with E-state index in [-0.39, 0.29) is 17.7 Å². The van der Waals surface area contributed by atoms with Gasteiger partial charge in [-0.1, -0.05) is 12.1 Å². The summed E-state index contributed by atoms with van der Waals surface area (Å²) < 4.78 is 28.5. The molecular formula is C15H23NO3S. The molecule has 1 aliphatic heterocycles. The van der Waals surface area contributed by atoms with Crippen molar-refractivity contribution in [2.24, 2.45) is 11.7 Å². The second kappa shape index (κ2) is 5.74. The topological polar surface area (TPSA) is 69.4 Å². The van der Waals surface area contributed by atoms with E-state index in [4.69, 9.17) is 10.5 Å². The highest BCUT2D eigenvalue weighted by molar-refractivity contribution is 7.91. The Kier molecular flexibility index (Phi) is 4.39. The summed E-state index contributed by atoms with van der Waals surface area (Å²) in [7, 11) is -1.19. The van der Waals surface area contributed by atoms with Crippen molar-refractivity contribution >= 4 is 9.84 Å². The second-order valence-corrected chi connectivity index (χ2v) is 7.97. The van der Waals surface area contributed by atoms with Crippen molar-refractivity contribution in [1.29, 1.82) is 0 Å². The smallest absolute Gasteiger partial charge is 0.150 e. The first-order valence-corrected chi connectivity index (χ1v) is 8.76. The Morgan fingerprint density at radius 2 is 2.10 bits per heavy atom. The number of hydrogen-bond acceptors (Lipinski definition) is 4. The molecule has 0 radical (unpaired) electrons. The van der Waals surface area contributed by atoms with Gasteiger partial charge in [0.25, 0.3) is 0 Å². The summed E-state index contributed by atoms with van der Waals surface area (Å²) in [6.45, 7) is 4.06. The predicted octanol–water partition coefficient (Wildman–Crippen LogP) is 2.14. The lowest BCUT2D eigenvalue weighted by Gasteiger charge is -2.20. The zero-order valence-corrected chi connectivity index (χ0v) is 13.2. The molecule has 1 fully saturated rings. The predicted molar refractivity (Wildman–Crippen MR) is 80.8 cm³/mol. The van der Waals surface area contributed by atoms with E-state index in [0.29, 0.717) is 12.2 Å². The number of sulfone groups is 1. The molecule has 1 aliphatic rings. The van der Waals surface area contributed by atoms with Crippen molar-refractivity contribution in [3.8, 4) is 5.75 Å². The standard InChI is InChI=1S/C15H23NO3S/c1-10-4-5-13(15(19-3)11(10)2)14(16)8-12-6-7-20(17,18)9-12/h4-5,12,14H,6-9,16H2,1-3H3. The number of ether oxygens (including phenoxy) is 1. The fourth-order valence-electron chi connectivity index (χ4n) is 2.92. The zero-order chi connectivity index (χ0) is 14.9. The molecule has 2 rings (SSSR count). The molecule has 0 saturated carbocycles. The molecule has 0 bridgehead atoms. The molecule has 2 unspecified atom stereocenters. The van der Waals surface area contributed by atoms with Crippen molar-refractivity contribution in [2.45, 2.75) is 32.7 Å². The van der Waals surface area contributed by atoms with Crippen LogP contribution in [0.2, 0.25) is 0 Å². The van der Waals surface area contributed by atoms with E-state index < -0.39 is 9.84 Å². The molecule has 20 heavy (non-hydrogen) atoms. The molecule has 1 aromatic carbocycles. The van der Waals surface area contributed by atoms with Crippen molar-refractivity contribution < 1.29 is 13.2 Å². The van der Waals surface area contributed by atoms with Crippen LogP contribution in [-0.4, -0.2) is 27.0 Å². The third-order valence-electron chi connectivity index (χ3n) is 4.22. The van der Waals surface area contributed by atoms with Crippen LogP contribution in [0.3, 0.4) is 0 Å². The van der Waals surface area contributed by atoms with Gasteiger partial charge in [-0.2, -0.15) is 0 Å². The van der Waals surface area contributed by atoms with Gasteiger partial charge in [0, 0.05) is 11.6 Å². The average Bonchev–Trinajstić information content (AvgIpc) is 2.71. The highest BCUT2D eigenvalue weighted by Gasteiger charge is 2.30. The maximum absolute atomic E-state index is 11.5. The van der Waals surface area contributed by atoms with Gasteiger partial charge in [-0.05, 0) is 43.7 Å². The number of aryl methyl sites for hydroxylation is 1. The molecular weight excluding hydrogens is 274 g/mol. The molecule has 0 aliphatic carbocycles. The minimum atomic E-state index is -2.84. The maximum Gasteiger partial charge on any atom is 0.150 e. The van der Waals surface area contributed by atoms with E-state index in [0.717, 1.165) is 23.3 Å². The van der Waals surface area contributed by atoms with E-state index in [1.807, 2.05) is 26.0 Å². The third-order valence-corrected chi connectivity index (χ3v) is 6.06. The summed E-state index contributed by atoms with van der Waals surface area (Å²) in [5, 5.41) is 0. The van der Waals surface area contributed by atoms with Crippen LogP contribution in [0.4, 0.5) is 0 Å². The normalized spacial score (nSPS) is 22.7. The largest absolute Gasteiger partial charge is 0.496 e. The Morgan fingerprint density at radius 3 is 2.65 bits per heavy atom. The quantitative estimate of drug-likeness (QED) is 0.924. The van der Waals surface area contributed by atoms with E-state index >= 15 is 0 Å². The molecule has 1 aromatic rings. The van der Waals surface area contributed by atoms with Crippen LogP contribution in [0, 0.1) is 19.8 Å². The second-order valence-electron chi connectivity index (χ2n) is 5.74. The third kappa shape index (κ3) is 3.15. The fraction of sp³-hybridized carbons (Fsp3) is 0.600. The summed E-state index contributed by atoms with van der Waals surface area (Å²) in [6, 6.07) is 3.86. The molecule has 1 saturated heterocycles. The minimum Gasteiger partial charge on any atom is -0.496 e. The molecule has 5 heteroatoms. The van der Waals surface area contributed by atoms with Gasteiger partial charge in [-0.3, -0.25) is 0 Å². The molecule has 2 N–H and O–H groups in total. The van der Waals surface area contributed by atoms with Crippen LogP contribution in [0.5, 0.6) is 5.75 Å². The Labute approximate surface area is 121 Å². The van der Waals surface area contributed by atoms with E-state index in [9.17, 15) is 8.42 Å². The lowest BCUT2D eigenvalue weighted by atomic mass is 9.92. The number of benzene rings is 1. The number of hydrogen-bond donors (Lipinski definition) is 1. The Morgan fingerprint density at radius 1 is 1.40 bits per heavy atom. The van der Waals surface area contributed by atoms with Crippen LogP contribution in [0.1, 0.15) is 35.6 Å². The van der Waals surface area contributed by atoms with Crippen molar-refractivity contribution in [3.05, 3.63) is 28.8 Å². The van der Waals surface area contributed by atoms with Gasteiger partial charge in [-0.25, -0.2) is 8.42 Å². The average molecular weight is 297 g/mol. The van der Waals surface area contributed by atoms with Crippen LogP contribution in [0.15, 0.2) is 12.1 Å². The van der Waals surface area contributed by atoms with Gasteiger partial charge >= 0.3 is 0 Å². The van der Waals surface area contributed by atoms with Crippen molar-refractivity contribution in [3.63, 3.8) is 0 Å². The van der Waals surface area contributed by atoms with E-state index in [1.165, 1.54) is 5.56 Å². The number of methoxy groups -OCH3 is 1. The van der Waals surface area contributed by atoms with Crippen LogP contribution >= 0.6 is 0 Å². The monoisotopic (exact) mass is 297 g/mol. The fourth-order valence-corrected chi connectivity index (χ4v) is 4.80. The zero-order valence-electron chi connectivity index (χ0n) is 12.3. The van der Waals surface area contributed by atoms with Gasteiger partial charge in [0.05, 0.1) is 18.6 Å². The first-order chi connectivity index (χ1) is 9.34. The summed E-state index contributed by atoms with van der Waals surface area (Å²) in [6.07, 6.45) is 1.42. The van der Waals surface area contributed by atoms with Gasteiger partial charge in [0.1, 0.15) is 5.75 Å². The van der Waals surface area contributed by atoms with Gasteiger partial charge in [0.2, 0.25) is 0 Å². The highest BCUT2D eigenvalue weighted by Crippen LogP contribution is 2.34. The van der Waals surface area contributed by atoms with Crippen LogP contribution in [0.25, 0.3) is 0 Å². The van der Waals surface area contributed by atoms with Crippen molar-refractivity contribution in [2.75, 3.05) is 18.6 Å². The first kappa shape index (κ1) is 15.3. The maximum atomic E-state index is 11.5. The summed E-state index contributed by atoms with van der Waals surface area (Å²) in [4.78, 5) is 0. The molecule has 0 spiro atoms. The number of rotatable bonds is 4. The van der Waals surface area contributed by atoms with Crippen LogP contribution in [-0.2, 0) is 9.84 Å². The lowest BCUT2D eigenvalue weighted by molar-refractivity contribution is 0.394. The first-order valence-electron chi connectivity index (χ1n) is 6.94.